The van der Waals surface area contributed by atoms with Crippen molar-refractivity contribution in [2.45, 2.75) is 13.3 Å². The third-order valence-corrected chi connectivity index (χ3v) is 4.64. The minimum Gasteiger partial charge on any atom is -0.215 e. The Kier molecular flexibility index (Phi) is 7.97. The van der Waals surface area contributed by atoms with Crippen molar-refractivity contribution in [3.8, 4) is 0 Å². The van der Waals surface area contributed by atoms with Gasteiger partial charge in [0.1, 0.15) is 0 Å². The zero-order chi connectivity index (χ0) is 13.4. The first-order chi connectivity index (χ1) is 7.83. The standard InChI is InChI=1S/C8H17ClN2O4S2/c1-2-16(12,13)10-6-4-7-11-17(14,15)8-3-5-9/h3,5,10-11H,2,4,6-8H2,1H3/b5-3+. The molecule has 0 fully saturated rings. The third kappa shape index (κ3) is 9.54. The van der Waals surface area contributed by atoms with Gasteiger partial charge in [-0.3, -0.25) is 0 Å². The number of sulfonamides is 2. The highest BCUT2D eigenvalue weighted by atomic mass is 35.5. The molecule has 0 spiro atoms. The summed E-state index contributed by atoms with van der Waals surface area (Å²) in [6, 6.07) is 0. The Morgan fingerprint density at radius 3 is 2.06 bits per heavy atom. The zero-order valence-corrected chi connectivity index (χ0v) is 11.9. The van der Waals surface area contributed by atoms with Gasteiger partial charge >= 0.3 is 0 Å². The predicted octanol–water partition coefficient (Wildman–Crippen LogP) is -0.0123. The van der Waals surface area contributed by atoms with Crippen molar-refractivity contribution in [2.75, 3.05) is 24.6 Å². The van der Waals surface area contributed by atoms with Gasteiger partial charge in [0.15, 0.2) is 0 Å². The summed E-state index contributed by atoms with van der Waals surface area (Å²) in [5.74, 6) is -0.170. The van der Waals surface area contributed by atoms with Gasteiger partial charge in [0, 0.05) is 18.6 Å². The van der Waals surface area contributed by atoms with Crippen LogP contribution < -0.4 is 9.44 Å². The summed E-state index contributed by atoms with van der Waals surface area (Å²) in [5.41, 5.74) is 1.13. The van der Waals surface area contributed by atoms with E-state index in [2.05, 4.69) is 9.44 Å². The Morgan fingerprint density at radius 2 is 1.59 bits per heavy atom. The summed E-state index contributed by atoms with van der Waals surface area (Å²) in [4.78, 5) is 0. The van der Waals surface area contributed by atoms with Crippen LogP contribution in [0.4, 0.5) is 0 Å². The first-order valence-corrected chi connectivity index (χ1v) is 8.77. The highest BCUT2D eigenvalue weighted by molar-refractivity contribution is 7.89. The van der Waals surface area contributed by atoms with E-state index in [0.717, 1.165) is 5.54 Å². The molecule has 0 aromatic carbocycles. The Hall–Kier alpha value is -0.150. The highest BCUT2D eigenvalue weighted by Gasteiger charge is 2.07. The van der Waals surface area contributed by atoms with Gasteiger partial charge in [0.2, 0.25) is 20.0 Å². The first kappa shape index (κ1) is 16.9. The van der Waals surface area contributed by atoms with Gasteiger partial charge in [-0.15, -0.1) is 0 Å². The van der Waals surface area contributed by atoms with Crippen LogP contribution in [0.15, 0.2) is 11.6 Å². The second-order valence-corrected chi connectivity index (χ2v) is 7.39. The fourth-order valence-corrected chi connectivity index (χ4v) is 2.64. The molecule has 2 N–H and O–H groups in total. The van der Waals surface area contributed by atoms with Gasteiger partial charge in [-0.05, 0) is 13.3 Å². The molecule has 0 heterocycles. The molecule has 102 valence electrons. The largest absolute Gasteiger partial charge is 0.215 e. The molecule has 0 aliphatic carbocycles. The molecule has 0 saturated carbocycles. The van der Waals surface area contributed by atoms with Crippen LogP contribution in [-0.2, 0) is 20.0 Å². The van der Waals surface area contributed by atoms with E-state index >= 15 is 0 Å². The van der Waals surface area contributed by atoms with Crippen LogP contribution in [0, 0.1) is 0 Å². The molecule has 0 saturated heterocycles. The van der Waals surface area contributed by atoms with Gasteiger partial charge in [-0.25, -0.2) is 26.3 Å². The number of halogens is 1. The molecule has 0 aromatic heterocycles. The first-order valence-electron chi connectivity index (χ1n) is 5.03. The smallest absolute Gasteiger partial charge is 0.215 e. The van der Waals surface area contributed by atoms with Gasteiger partial charge in [0.05, 0.1) is 11.5 Å². The summed E-state index contributed by atoms with van der Waals surface area (Å²) in [7, 11) is -6.57. The van der Waals surface area contributed by atoms with E-state index in [-0.39, 0.29) is 24.6 Å². The molecule has 0 amide bonds. The van der Waals surface area contributed by atoms with Gasteiger partial charge in [0.25, 0.3) is 0 Å². The van der Waals surface area contributed by atoms with Gasteiger partial charge in [-0.2, -0.15) is 0 Å². The molecule has 0 aliphatic heterocycles. The molecular weight excluding hydrogens is 288 g/mol. The summed E-state index contributed by atoms with van der Waals surface area (Å²) in [6.45, 7) is 1.93. The van der Waals surface area contributed by atoms with Crippen molar-refractivity contribution >= 4 is 31.6 Å². The quantitative estimate of drug-likeness (QED) is 0.586. The maximum absolute atomic E-state index is 11.2. The van der Waals surface area contributed by atoms with Crippen LogP contribution in [0.3, 0.4) is 0 Å². The summed E-state index contributed by atoms with van der Waals surface area (Å²) in [5, 5.41) is 0. The number of rotatable bonds is 9. The van der Waals surface area contributed by atoms with E-state index in [0.29, 0.717) is 6.42 Å². The van der Waals surface area contributed by atoms with E-state index in [1.165, 1.54) is 13.0 Å². The Bertz CT molecular complexity index is 430. The molecule has 17 heavy (non-hydrogen) atoms. The van der Waals surface area contributed by atoms with Crippen molar-refractivity contribution < 1.29 is 16.8 Å². The lowest BCUT2D eigenvalue weighted by molar-refractivity contribution is 0.574. The molecule has 0 rings (SSSR count). The second kappa shape index (κ2) is 8.04. The molecule has 0 bridgehead atoms. The topological polar surface area (TPSA) is 92.3 Å². The molecule has 0 unspecified atom stereocenters. The molecule has 0 radical (unpaired) electrons. The number of hydrogen-bond donors (Lipinski definition) is 2. The molecule has 0 atom stereocenters. The minimum atomic E-state index is -3.36. The third-order valence-electron chi connectivity index (χ3n) is 1.78. The fourth-order valence-electron chi connectivity index (χ4n) is 0.868. The summed E-state index contributed by atoms with van der Waals surface area (Å²) in [6.07, 6.45) is 1.70. The van der Waals surface area contributed by atoms with E-state index in [1.54, 1.807) is 0 Å². The van der Waals surface area contributed by atoms with Crippen molar-refractivity contribution in [1.82, 2.24) is 9.44 Å². The lowest BCUT2D eigenvalue weighted by atomic mass is 10.4. The van der Waals surface area contributed by atoms with Crippen LogP contribution in [0.25, 0.3) is 0 Å². The maximum Gasteiger partial charge on any atom is 0.215 e. The average molecular weight is 305 g/mol. The van der Waals surface area contributed by atoms with Crippen LogP contribution in [0.1, 0.15) is 13.3 Å². The van der Waals surface area contributed by atoms with Crippen molar-refractivity contribution in [2.24, 2.45) is 0 Å². The molecule has 0 aromatic rings. The lowest BCUT2D eigenvalue weighted by Gasteiger charge is -2.05. The lowest BCUT2D eigenvalue weighted by Crippen LogP contribution is -2.31. The monoisotopic (exact) mass is 304 g/mol. The predicted molar refractivity (Wildman–Crippen MR) is 68.9 cm³/mol. The number of nitrogens with one attached hydrogen (secondary N) is 2. The summed E-state index contributed by atoms with van der Waals surface area (Å²) < 4.78 is 49.2. The zero-order valence-electron chi connectivity index (χ0n) is 9.52. The normalized spacial score (nSPS) is 13.3. The molecule has 9 heteroatoms. The maximum atomic E-state index is 11.2. The average Bonchev–Trinajstić information content (AvgIpc) is 2.26. The van der Waals surface area contributed by atoms with E-state index < -0.39 is 20.0 Å². The van der Waals surface area contributed by atoms with Crippen LogP contribution in [0.5, 0.6) is 0 Å². The van der Waals surface area contributed by atoms with Crippen molar-refractivity contribution in [3.05, 3.63) is 11.6 Å². The number of hydrogen-bond acceptors (Lipinski definition) is 4. The minimum absolute atomic E-state index is 0.0131. The van der Waals surface area contributed by atoms with Crippen LogP contribution >= 0.6 is 11.6 Å². The van der Waals surface area contributed by atoms with Crippen molar-refractivity contribution in [1.29, 1.82) is 0 Å². The molecule has 0 aliphatic rings. The summed E-state index contributed by atoms with van der Waals surface area (Å²) >= 11 is 5.21. The SMILES string of the molecule is CCS(=O)(=O)NCCCNS(=O)(=O)C/C=C/Cl. The molecule has 6 nitrogen and oxygen atoms in total. The van der Waals surface area contributed by atoms with Gasteiger partial charge < -0.3 is 0 Å². The van der Waals surface area contributed by atoms with Crippen LogP contribution in [-0.4, -0.2) is 41.4 Å². The van der Waals surface area contributed by atoms with E-state index in [9.17, 15) is 16.8 Å². The second-order valence-electron chi connectivity index (χ2n) is 3.19. The van der Waals surface area contributed by atoms with Crippen molar-refractivity contribution in [3.63, 3.8) is 0 Å². The molecular formula is C8H17ClN2O4S2. The van der Waals surface area contributed by atoms with E-state index in [1.807, 2.05) is 0 Å². The van der Waals surface area contributed by atoms with Crippen LogP contribution in [0.2, 0.25) is 0 Å². The fraction of sp³-hybridized carbons (Fsp3) is 0.750. The van der Waals surface area contributed by atoms with E-state index in [4.69, 9.17) is 11.6 Å². The Labute approximate surface area is 108 Å². The highest BCUT2D eigenvalue weighted by Crippen LogP contribution is 1.89. The Balaban J connectivity index is 3.79. The van der Waals surface area contributed by atoms with Gasteiger partial charge in [-0.1, -0.05) is 17.7 Å². The Morgan fingerprint density at radius 1 is 1.06 bits per heavy atom.